The number of ketones is 1. The fourth-order valence-corrected chi connectivity index (χ4v) is 2.19. The first-order valence-corrected chi connectivity index (χ1v) is 6.27. The van der Waals surface area contributed by atoms with Gasteiger partial charge in [0.2, 0.25) is 5.78 Å². The minimum atomic E-state index is -0.188. The van der Waals surface area contributed by atoms with Gasteiger partial charge in [0, 0.05) is 0 Å². The molecule has 0 saturated carbocycles. The van der Waals surface area contributed by atoms with Gasteiger partial charge in [-0.25, -0.2) is 15.0 Å². The molecule has 0 saturated heterocycles. The van der Waals surface area contributed by atoms with Gasteiger partial charge in [0.25, 0.3) is 0 Å². The highest BCUT2D eigenvalue weighted by atomic mass is 32.2. The Labute approximate surface area is 112 Å². The molecule has 0 radical (unpaired) electrons. The van der Waals surface area contributed by atoms with E-state index < -0.39 is 0 Å². The molecule has 94 valence electrons. The third kappa shape index (κ3) is 2.41. The normalized spacial score (nSPS) is 11.4. The number of furan rings is 1. The highest BCUT2D eigenvalue weighted by molar-refractivity contribution is 8.02. The summed E-state index contributed by atoms with van der Waals surface area (Å²) >= 11 is 1.31. The van der Waals surface area contributed by atoms with Crippen LogP contribution in [-0.4, -0.2) is 25.7 Å². The van der Waals surface area contributed by atoms with Crippen molar-refractivity contribution in [2.24, 2.45) is 0 Å². The number of rotatable bonds is 4. The predicted octanol–water partition coefficient (Wildman–Crippen LogP) is 2.43. The molecule has 3 aromatic heterocycles. The number of nitrogens with zero attached hydrogens (tertiary/aromatic N) is 3. The zero-order valence-electron chi connectivity index (χ0n) is 9.61. The molecule has 0 aromatic carbocycles. The summed E-state index contributed by atoms with van der Waals surface area (Å²) in [7, 11) is 0. The minimum absolute atomic E-state index is 0.188. The molecule has 0 amide bonds. The van der Waals surface area contributed by atoms with Crippen LogP contribution in [0.25, 0.3) is 11.2 Å². The number of aromatic amines is 1. The van der Waals surface area contributed by atoms with Gasteiger partial charge in [-0.1, -0.05) is 11.8 Å². The van der Waals surface area contributed by atoms with Gasteiger partial charge in [-0.2, -0.15) is 0 Å². The Morgan fingerprint density at radius 2 is 2.32 bits per heavy atom. The van der Waals surface area contributed by atoms with Crippen LogP contribution in [-0.2, 0) is 0 Å². The van der Waals surface area contributed by atoms with Crippen molar-refractivity contribution in [3.05, 3.63) is 48.3 Å². The summed E-state index contributed by atoms with van der Waals surface area (Å²) in [4.78, 5) is 26.8. The summed E-state index contributed by atoms with van der Waals surface area (Å²) in [6, 6.07) is 3.29. The monoisotopic (exact) mass is 272 g/mol. The molecule has 3 rings (SSSR count). The third-order valence-electron chi connectivity index (χ3n) is 2.35. The lowest BCUT2D eigenvalue weighted by Crippen LogP contribution is -1.90. The number of imidazole rings is 1. The molecule has 0 spiro atoms. The van der Waals surface area contributed by atoms with Crippen LogP contribution in [0.5, 0.6) is 0 Å². The quantitative estimate of drug-likeness (QED) is 0.340. The fraction of sp³-hybridized carbons (Fsp3) is 0. The van der Waals surface area contributed by atoms with Gasteiger partial charge in [-0.15, -0.1) is 0 Å². The van der Waals surface area contributed by atoms with Crippen LogP contribution >= 0.6 is 11.8 Å². The molecule has 3 aromatic rings. The molecule has 0 unspecified atom stereocenters. The second-order valence-electron chi connectivity index (χ2n) is 3.54. The second kappa shape index (κ2) is 5.07. The van der Waals surface area contributed by atoms with E-state index in [1.807, 2.05) is 0 Å². The lowest BCUT2D eigenvalue weighted by Gasteiger charge is -1.95. The van der Waals surface area contributed by atoms with E-state index in [0.717, 1.165) is 5.52 Å². The van der Waals surface area contributed by atoms with Crippen molar-refractivity contribution in [3.63, 3.8) is 0 Å². The predicted molar refractivity (Wildman–Crippen MR) is 69.7 cm³/mol. The van der Waals surface area contributed by atoms with Crippen LogP contribution in [0.3, 0.4) is 0 Å². The van der Waals surface area contributed by atoms with Crippen LogP contribution in [0.4, 0.5) is 0 Å². The number of nitrogens with one attached hydrogen (secondary N) is 1. The average Bonchev–Trinajstić information content (AvgIpc) is 3.10. The van der Waals surface area contributed by atoms with Gasteiger partial charge in [0.1, 0.15) is 16.9 Å². The molecule has 0 aliphatic carbocycles. The van der Waals surface area contributed by atoms with Crippen molar-refractivity contribution in [1.29, 1.82) is 0 Å². The Kier molecular flexibility index (Phi) is 3.11. The summed E-state index contributed by atoms with van der Waals surface area (Å²) in [6.07, 6.45) is 5.90. The molecule has 3 heterocycles. The number of thioether (sulfide) groups is 1. The van der Waals surface area contributed by atoms with Crippen molar-refractivity contribution < 1.29 is 9.21 Å². The zero-order valence-corrected chi connectivity index (χ0v) is 10.4. The number of allylic oxidation sites excluding steroid dienone is 1. The molecule has 0 bridgehead atoms. The number of aromatic nitrogens is 4. The van der Waals surface area contributed by atoms with Crippen molar-refractivity contribution in [2.45, 2.75) is 5.03 Å². The van der Waals surface area contributed by atoms with Crippen LogP contribution in [0.2, 0.25) is 0 Å². The molecule has 0 aliphatic rings. The molecule has 0 atom stereocenters. The molecule has 1 N–H and O–H groups in total. The Hall–Kier alpha value is -2.41. The molecule has 19 heavy (non-hydrogen) atoms. The van der Waals surface area contributed by atoms with Gasteiger partial charge in [0.05, 0.1) is 12.6 Å². The molecule has 0 fully saturated rings. The topological polar surface area (TPSA) is 84.7 Å². The fourth-order valence-electron chi connectivity index (χ4n) is 1.49. The van der Waals surface area contributed by atoms with Crippen LogP contribution in [0.15, 0.2) is 52.0 Å². The summed E-state index contributed by atoms with van der Waals surface area (Å²) in [5.74, 6) is 0.124. The Morgan fingerprint density at radius 1 is 1.37 bits per heavy atom. The molecule has 0 aliphatic heterocycles. The molecular formula is C12H8N4O2S. The Balaban J connectivity index is 1.76. The van der Waals surface area contributed by atoms with E-state index >= 15 is 0 Å². The van der Waals surface area contributed by atoms with Gasteiger partial charge in [0.15, 0.2) is 11.4 Å². The number of H-pyrrole nitrogens is 1. The maximum Gasteiger partial charge on any atom is 0.221 e. The summed E-state index contributed by atoms with van der Waals surface area (Å²) in [6.45, 7) is 0. The van der Waals surface area contributed by atoms with Crippen LogP contribution in [0.1, 0.15) is 10.6 Å². The van der Waals surface area contributed by atoms with Gasteiger partial charge >= 0.3 is 0 Å². The maximum absolute atomic E-state index is 11.7. The van der Waals surface area contributed by atoms with Crippen molar-refractivity contribution >= 4 is 28.7 Å². The van der Waals surface area contributed by atoms with E-state index in [-0.39, 0.29) is 5.78 Å². The lowest BCUT2D eigenvalue weighted by molar-refractivity contribution is 0.102. The van der Waals surface area contributed by atoms with Gasteiger partial charge < -0.3 is 9.40 Å². The largest absolute Gasteiger partial charge is 0.461 e. The van der Waals surface area contributed by atoms with E-state index in [4.69, 9.17) is 4.42 Å². The van der Waals surface area contributed by atoms with Gasteiger partial charge in [-0.05, 0) is 23.6 Å². The second-order valence-corrected chi connectivity index (χ2v) is 4.44. The molecule has 6 nitrogen and oxygen atoms in total. The van der Waals surface area contributed by atoms with Gasteiger partial charge in [-0.3, -0.25) is 4.79 Å². The zero-order chi connectivity index (χ0) is 13.1. The van der Waals surface area contributed by atoms with E-state index in [2.05, 4.69) is 19.9 Å². The van der Waals surface area contributed by atoms with Crippen molar-refractivity contribution in [2.75, 3.05) is 0 Å². The van der Waals surface area contributed by atoms with E-state index in [1.165, 1.54) is 30.4 Å². The molecule has 7 heteroatoms. The summed E-state index contributed by atoms with van der Waals surface area (Å²) in [5, 5.41) is 2.37. The highest BCUT2D eigenvalue weighted by Crippen LogP contribution is 2.22. The van der Waals surface area contributed by atoms with E-state index in [9.17, 15) is 4.79 Å². The maximum atomic E-state index is 11.7. The number of carbonyl (C=O) groups excluding carboxylic acids is 1. The number of carbonyl (C=O) groups is 1. The first-order chi connectivity index (χ1) is 9.34. The Bertz CT molecular complexity index is 733. The van der Waals surface area contributed by atoms with Crippen LogP contribution < -0.4 is 0 Å². The first kappa shape index (κ1) is 11.7. The first-order valence-electron chi connectivity index (χ1n) is 5.40. The summed E-state index contributed by atoms with van der Waals surface area (Å²) in [5.41, 5.74) is 1.35. The smallest absolute Gasteiger partial charge is 0.221 e. The summed E-state index contributed by atoms with van der Waals surface area (Å²) < 4.78 is 5.00. The average molecular weight is 272 g/mol. The standard InChI is InChI=1S/C12H8N4O2S/c17-8(9-2-1-4-18-9)3-5-19-12-10-11(14-6-13-10)15-7-16-12/h1-7H,(H,13,14,15,16)/b5-3+. The Morgan fingerprint density at radius 3 is 3.16 bits per heavy atom. The van der Waals surface area contributed by atoms with E-state index in [1.54, 1.807) is 23.9 Å². The van der Waals surface area contributed by atoms with Crippen LogP contribution in [0, 0.1) is 0 Å². The SMILES string of the molecule is O=C(/C=C/Sc1ncnc2nc[nH]c12)c1ccco1. The van der Waals surface area contributed by atoms with E-state index in [0.29, 0.717) is 16.4 Å². The van der Waals surface area contributed by atoms with Crippen molar-refractivity contribution in [3.8, 4) is 0 Å². The minimum Gasteiger partial charge on any atom is -0.461 e. The lowest BCUT2D eigenvalue weighted by atomic mass is 10.3. The number of hydrogen-bond donors (Lipinski definition) is 1. The highest BCUT2D eigenvalue weighted by Gasteiger charge is 2.06. The number of hydrogen-bond acceptors (Lipinski definition) is 6. The molecular weight excluding hydrogens is 264 g/mol. The third-order valence-corrected chi connectivity index (χ3v) is 3.16. The number of fused-ring (bicyclic) bond motifs is 1. The van der Waals surface area contributed by atoms with Crippen molar-refractivity contribution in [1.82, 2.24) is 19.9 Å².